The number of nitrogens with zero attached hydrogens (tertiary/aromatic N) is 4. The third-order valence-electron chi connectivity index (χ3n) is 6.42. The molecule has 1 aliphatic rings. The molecule has 0 radical (unpaired) electrons. The van der Waals surface area contributed by atoms with Crippen LogP contribution in [-0.4, -0.2) is 38.2 Å². The van der Waals surface area contributed by atoms with E-state index < -0.39 is 5.56 Å². The van der Waals surface area contributed by atoms with Crippen molar-refractivity contribution in [2.24, 2.45) is 13.0 Å². The van der Waals surface area contributed by atoms with Crippen LogP contribution in [0.4, 0.5) is 0 Å². The fraction of sp³-hybridized carbons (Fsp3) is 0.333. The van der Waals surface area contributed by atoms with Crippen LogP contribution in [0.25, 0.3) is 21.5 Å². The zero-order valence-corrected chi connectivity index (χ0v) is 21.5. The van der Waals surface area contributed by atoms with Gasteiger partial charge in [0, 0.05) is 42.1 Å². The van der Waals surface area contributed by atoms with Gasteiger partial charge in [0.1, 0.15) is 4.83 Å². The lowest BCUT2D eigenvalue weighted by Crippen LogP contribution is -2.39. The summed E-state index contributed by atoms with van der Waals surface area (Å²) >= 11 is 1.33. The standard InChI is InChI=1S/C27H28N4O4S/c1-16(2)31-26-23(24(32)29(4)27(31)34)22(25(33)30-14-17(3)15-35-30)21(36-26)13-18-8-10-19(11-9-18)20-7-5-6-12-28-20/h5-12,16-17H,13-15H2,1-4H3. The molecule has 0 aliphatic carbocycles. The Bertz CT molecular complexity index is 1550. The molecular formula is C27H28N4O4S. The molecule has 1 amide bonds. The predicted octanol–water partition coefficient (Wildman–Crippen LogP) is 4.02. The number of pyridine rings is 1. The zero-order valence-electron chi connectivity index (χ0n) is 20.7. The Labute approximate surface area is 212 Å². The highest BCUT2D eigenvalue weighted by Gasteiger charge is 2.32. The van der Waals surface area contributed by atoms with Crippen LogP contribution in [-0.2, 0) is 18.3 Å². The summed E-state index contributed by atoms with van der Waals surface area (Å²) in [6, 6.07) is 13.6. The minimum atomic E-state index is -0.463. The molecule has 4 aromatic rings. The first-order valence-electron chi connectivity index (χ1n) is 12.0. The molecule has 36 heavy (non-hydrogen) atoms. The number of benzene rings is 1. The summed E-state index contributed by atoms with van der Waals surface area (Å²) in [5, 5.41) is 1.63. The van der Waals surface area contributed by atoms with E-state index in [1.807, 2.05) is 63.2 Å². The van der Waals surface area contributed by atoms with Crippen molar-refractivity contribution in [3.8, 4) is 11.3 Å². The third kappa shape index (κ3) is 4.18. The lowest BCUT2D eigenvalue weighted by molar-refractivity contribution is -0.0771. The normalized spacial score (nSPS) is 15.8. The van der Waals surface area contributed by atoms with E-state index in [9.17, 15) is 14.4 Å². The van der Waals surface area contributed by atoms with Crippen molar-refractivity contribution in [3.05, 3.63) is 85.5 Å². The van der Waals surface area contributed by atoms with E-state index in [1.165, 1.54) is 23.4 Å². The van der Waals surface area contributed by atoms with Gasteiger partial charge in [-0.2, -0.15) is 0 Å². The summed E-state index contributed by atoms with van der Waals surface area (Å²) in [5.74, 6) is -0.130. The number of rotatable bonds is 5. The molecule has 0 saturated carbocycles. The molecule has 4 heterocycles. The molecule has 0 spiro atoms. The summed E-state index contributed by atoms with van der Waals surface area (Å²) in [6.45, 7) is 6.71. The second-order valence-electron chi connectivity index (χ2n) is 9.55. The lowest BCUT2D eigenvalue weighted by atomic mass is 10.0. The van der Waals surface area contributed by atoms with Gasteiger partial charge >= 0.3 is 5.69 Å². The molecule has 0 bridgehead atoms. The van der Waals surface area contributed by atoms with Crippen LogP contribution >= 0.6 is 11.3 Å². The van der Waals surface area contributed by atoms with Gasteiger partial charge in [-0.15, -0.1) is 11.3 Å². The van der Waals surface area contributed by atoms with E-state index in [4.69, 9.17) is 4.84 Å². The number of carbonyl (C=O) groups excluding carboxylic acids is 1. The molecule has 186 valence electrons. The first-order chi connectivity index (χ1) is 17.3. The van der Waals surface area contributed by atoms with Crippen LogP contribution in [0.1, 0.15) is 47.6 Å². The smallest absolute Gasteiger partial charge is 0.282 e. The summed E-state index contributed by atoms with van der Waals surface area (Å²) in [6.07, 6.45) is 2.20. The van der Waals surface area contributed by atoms with Gasteiger partial charge in [-0.25, -0.2) is 9.86 Å². The third-order valence-corrected chi connectivity index (χ3v) is 7.61. The zero-order chi connectivity index (χ0) is 25.6. The van der Waals surface area contributed by atoms with E-state index in [2.05, 4.69) is 4.98 Å². The summed E-state index contributed by atoms with van der Waals surface area (Å²) < 4.78 is 2.68. The quantitative estimate of drug-likeness (QED) is 0.410. The van der Waals surface area contributed by atoms with Crippen LogP contribution in [0.3, 0.4) is 0 Å². The molecule has 5 rings (SSSR count). The van der Waals surface area contributed by atoms with Gasteiger partial charge in [-0.05, 0) is 31.5 Å². The molecule has 1 aromatic carbocycles. The molecular weight excluding hydrogens is 476 g/mol. The van der Waals surface area contributed by atoms with Crippen molar-refractivity contribution in [2.45, 2.75) is 33.2 Å². The Kier molecular flexibility index (Phi) is 6.36. The lowest BCUT2D eigenvalue weighted by Gasteiger charge is -2.16. The van der Waals surface area contributed by atoms with E-state index >= 15 is 0 Å². The minimum absolute atomic E-state index is 0.179. The maximum Gasteiger partial charge on any atom is 0.332 e. The van der Waals surface area contributed by atoms with Gasteiger partial charge in [0.15, 0.2) is 0 Å². The maximum atomic E-state index is 13.7. The van der Waals surface area contributed by atoms with Crippen molar-refractivity contribution in [1.82, 2.24) is 19.2 Å². The number of aromatic nitrogens is 3. The number of hydroxylamine groups is 2. The first kappa shape index (κ1) is 24.1. The van der Waals surface area contributed by atoms with Crippen LogP contribution in [0.5, 0.6) is 0 Å². The Morgan fingerprint density at radius 3 is 2.53 bits per heavy atom. The molecule has 1 saturated heterocycles. The van der Waals surface area contributed by atoms with Crippen LogP contribution in [0, 0.1) is 5.92 Å². The number of fused-ring (bicyclic) bond motifs is 1. The number of amides is 1. The van der Waals surface area contributed by atoms with E-state index in [0.29, 0.717) is 30.0 Å². The average molecular weight is 505 g/mol. The second-order valence-corrected chi connectivity index (χ2v) is 10.6. The molecule has 8 nitrogen and oxygen atoms in total. The van der Waals surface area contributed by atoms with Gasteiger partial charge in [0.25, 0.3) is 11.5 Å². The highest BCUT2D eigenvalue weighted by molar-refractivity contribution is 7.19. The van der Waals surface area contributed by atoms with E-state index in [0.717, 1.165) is 26.3 Å². The number of hydrogen-bond acceptors (Lipinski definition) is 6. The Hall–Kier alpha value is -3.56. The van der Waals surface area contributed by atoms with Gasteiger partial charge in [-0.3, -0.25) is 28.5 Å². The van der Waals surface area contributed by atoms with Crippen molar-refractivity contribution >= 4 is 27.5 Å². The van der Waals surface area contributed by atoms with E-state index in [1.54, 1.807) is 10.8 Å². The van der Waals surface area contributed by atoms with Crippen LogP contribution in [0.2, 0.25) is 0 Å². The Morgan fingerprint density at radius 1 is 1.17 bits per heavy atom. The number of hydrogen-bond donors (Lipinski definition) is 0. The Morgan fingerprint density at radius 2 is 1.92 bits per heavy atom. The summed E-state index contributed by atoms with van der Waals surface area (Å²) in [5.41, 5.74) is 2.34. The van der Waals surface area contributed by atoms with Gasteiger partial charge in [0.05, 0.1) is 29.8 Å². The van der Waals surface area contributed by atoms with E-state index in [-0.39, 0.29) is 28.9 Å². The van der Waals surface area contributed by atoms with Crippen molar-refractivity contribution in [2.75, 3.05) is 13.2 Å². The van der Waals surface area contributed by atoms with Crippen LogP contribution < -0.4 is 11.2 Å². The second kappa shape index (κ2) is 9.48. The maximum absolute atomic E-state index is 13.7. The highest BCUT2D eigenvalue weighted by atomic mass is 32.1. The molecule has 1 fully saturated rings. The highest BCUT2D eigenvalue weighted by Crippen LogP contribution is 2.34. The SMILES string of the molecule is CC1CON(C(=O)c2c(Cc3ccc(-c4ccccn4)cc3)sc3c2c(=O)n(C)c(=O)n3C(C)C)C1. The van der Waals surface area contributed by atoms with Crippen LogP contribution in [0.15, 0.2) is 58.3 Å². The molecule has 0 N–H and O–H groups in total. The minimum Gasteiger partial charge on any atom is -0.282 e. The number of carbonyl (C=O) groups is 1. The van der Waals surface area contributed by atoms with Crippen molar-refractivity contribution in [3.63, 3.8) is 0 Å². The fourth-order valence-electron chi connectivity index (χ4n) is 4.53. The average Bonchev–Trinajstić information content (AvgIpc) is 3.47. The fourth-order valence-corrected chi connectivity index (χ4v) is 5.97. The number of thiophene rings is 1. The first-order valence-corrected chi connectivity index (χ1v) is 12.8. The Balaban J connectivity index is 1.65. The van der Waals surface area contributed by atoms with Crippen molar-refractivity contribution < 1.29 is 9.63 Å². The topological polar surface area (TPSA) is 86.4 Å². The van der Waals surface area contributed by atoms with Gasteiger partial charge < -0.3 is 0 Å². The van der Waals surface area contributed by atoms with Gasteiger partial charge in [-0.1, -0.05) is 37.3 Å². The van der Waals surface area contributed by atoms with Crippen molar-refractivity contribution in [1.29, 1.82) is 0 Å². The molecule has 1 aliphatic heterocycles. The summed E-state index contributed by atoms with van der Waals surface area (Å²) in [7, 11) is 1.46. The van der Waals surface area contributed by atoms with Gasteiger partial charge in [0.2, 0.25) is 0 Å². The predicted molar refractivity (Wildman–Crippen MR) is 140 cm³/mol. The molecule has 1 atom stereocenters. The molecule has 9 heteroatoms. The summed E-state index contributed by atoms with van der Waals surface area (Å²) in [4.78, 5) is 51.3. The molecule has 1 unspecified atom stereocenters. The largest absolute Gasteiger partial charge is 0.332 e. The molecule has 3 aromatic heterocycles. The monoisotopic (exact) mass is 504 g/mol.